The summed E-state index contributed by atoms with van der Waals surface area (Å²) in [6.07, 6.45) is 5.83. The maximum absolute atomic E-state index is 8.72. The molecule has 1 atom stereocenters. The largest absolute Gasteiger partial charge is 0.396 e. The van der Waals surface area contributed by atoms with Crippen LogP contribution < -0.4 is 10.6 Å². The van der Waals surface area contributed by atoms with Crippen LogP contribution in [0.25, 0.3) is 0 Å². The lowest BCUT2D eigenvalue weighted by atomic mass is 10.1. The zero-order chi connectivity index (χ0) is 13.4. The molecule has 0 unspecified atom stereocenters. The van der Waals surface area contributed by atoms with E-state index in [9.17, 15) is 0 Å². The van der Waals surface area contributed by atoms with Crippen molar-refractivity contribution >= 4 is 5.69 Å². The Kier molecular flexibility index (Phi) is 6.68. The second-order valence-electron chi connectivity index (χ2n) is 4.66. The lowest BCUT2D eigenvalue weighted by Crippen LogP contribution is -2.19. The smallest absolute Gasteiger partial charge is 0.0572 e. The van der Waals surface area contributed by atoms with Gasteiger partial charge in [-0.15, -0.1) is 0 Å². The van der Waals surface area contributed by atoms with E-state index in [4.69, 9.17) is 10.8 Å². The van der Waals surface area contributed by atoms with E-state index >= 15 is 0 Å². The van der Waals surface area contributed by atoms with Crippen molar-refractivity contribution in [2.75, 3.05) is 25.1 Å². The number of aliphatic hydroxyl groups is 1. The summed E-state index contributed by atoms with van der Waals surface area (Å²) in [5.74, 6) is 0. The van der Waals surface area contributed by atoms with Crippen molar-refractivity contribution in [3.63, 3.8) is 0 Å². The molecule has 0 bridgehead atoms. The molecule has 0 aliphatic heterocycles. The first-order valence-corrected chi connectivity index (χ1v) is 6.72. The summed E-state index contributed by atoms with van der Waals surface area (Å²) in [4.78, 5) is 6.59. The number of nitrogens with two attached hydrogens (primary N) is 1. The summed E-state index contributed by atoms with van der Waals surface area (Å²) >= 11 is 0. The molecule has 102 valence electrons. The van der Waals surface area contributed by atoms with E-state index in [0.717, 1.165) is 43.6 Å². The predicted octanol–water partition coefficient (Wildman–Crippen LogP) is 2.09. The van der Waals surface area contributed by atoms with Gasteiger partial charge in [-0.1, -0.05) is 6.92 Å². The second kappa shape index (κ2) is 8.06. The number of rotatable bonds is 8. The minimum Gasteiger partial charge on any atom is -0.396 e. The van der Waals surface area contributed by atoms with Gasteiger partial charge in [-0.05, 0) is 37.8 Å². The quantitative estimate of drug-likeness (QED) is 0.694. The molecule has 1 rings (SSSR count). The number of hydrogen-bond acceptors (Lipinski definition) is 4. The Morgan fingerprint density at radius 2 is 2.11 bits per heavy atom. The van der Waals surface area contributed by atoms with Crippen molar-refractivity contribution in [3.8, 4) is 0 Å². The van der Waals surface area contributed by atoms with E-state index in [1.807, 2.05) is 12.3 Å². The maximum atomic E-state index is 8.72. The molecule has 0 fully saturated rings. The first-order chi connectivity index (χ1) is 8.69. The molecule has 0 amide bonds. The molecular formula is C14H25N3O. The molecule has 0 aliphatic rings. The van der Waals surface area contributed by atoms with Crippen LogP contribution in [0.15, 0.2) is 18.3 Å². The van der Waals surface area contributed by atoms with Crippen LogP contribution in [0.2, 0.25) is 0 Å². The molecule has 0 saturated heterocycles. The molecular weight excluding hydrogens is 226 g/mol. The standard InChI is InChI=1S/C14H25N3O/c1-3-13(15)14-8-7-12(11-16-14)17(2)9-5-4-6-10-18/h7-8,11,13,18H,3-6,9-10,15H2,1-2H3/t13-/m0/s1. The molecule has 1 aromatic rings. The fourth-order valence-electron chi connectivity index (χ4n) is 1.82. The van der Waals surface area contributed by atoms with Crippen molar-refractivity contribution in [2.45, 2.75) is 38.6 Å². The van der Waals surface area contributed by atoms with Crippen molar-refractivity contribution < 1.29 is 5.11 Å². The number of anilines is 1. The van der Waals surface area contributed by atoms with Crippen LogP contribution >= 0.6 is 0 Å². The molecule has 4 heteroatoms. The number of unbranched alkanes of at least 4 members (excludes halogenated alkanes) is 2. The average molecular weight is 251 g/mol. The normalized spacial score (nSPS) is 12.4. The highest BCUT2D eigenvalue weighted by Crippen LogP contribution is 2.16. The van der Waals surface area contributed by atoms with Crippen LogP contribution in [0.1, 0.15) is 44.3 Å². The Bertz CT molecular complexity index is 326. The van der Waals surface area contributed by atoms with Gasteiger partial charge in [-0.25, -0.2) is 0 Å². The summed E-state index contributed by atoms with van der Waals surface area (Å²) in [6, 6.07) is 4.12. The maximum Gasteiger partial charge on any atom is 0.0572 e. The minimum absolute atomic E-state index is 0.0360. The third kappa shape index (κ3) is 4.63. The molecule has 1 aromatic heterocycles. The highest BCUT2D eigenvalue weighted by Gasteiger charge is 2.06. The predicted molar refractivity (Wildman–Crippen MR) is 75.7 cm³/mol. The highest BCUT2D eigenvalue weighted by atomic mass is 16.2. The van der Waals surface area contributed by atoms with E-state index < -0.39 is 0 Å². The molecule has 0 spiro atoms. The lowest BCUT2D eigenvalue weighted by Gasteiger charge is -2.19. The lowest BCUT2D eigenvalue weighted by molar-refractivity contribution is 0.283. The van der Waals surface area contributed by atoms with Gasteiger partial charge >= 0.3 is 0 Å². The van der Waals surface area contributed by atoms with Gasteiger partial charge in [-0.3, -0.25) is 4.98 Å². The zero-order valence-electron chi connectivity index (χ0n) is 11.5. The summed E-state index contributed by atoms with van der Waals surface area (Å²) in [5, 5.41) is 8.72. The minimum atomic E-state index is 0.0360. The van der Waals surface area contributed by atoms with Crippen molar-refractivity contribution in [1.29, 1.82) is 0 Å². The van der Waals surface area contributed by atoms with Gasteiger partial charge in [0, 0.05) is 26.2 Å². The summed E-state index contributed by atoms with van der Waals surface area (Å²) in [5.41, 5.74) is 8.00. The van der Waals surface area contributed by atoms with Crippen LogP contribution in [0.5, 0.6) is 0 Å². The zero-order valence-corrected chi connectivity index (χ0v) is 11.5. The molecule has 0 aliphatic carbocycles. The Hall–Kier alpha value is -1.13. The van der Waals surface area contributed by atoms with Gasteiger partial charge < -0.3 is 15.7 Å². The van der Waals surface area contributed by atoms with Gasteiger partial charge in [0.1, 0.15) is 0 Å². The average Bonchev–Trinajstić information content (AvgIpc) is 2.42. The molecule has 1 heterocycles. The van der Waals surface area contributed by atoms with Crippen LogP contribution in [0.3, 0.4) is 0 Å². The molecule has 0 aromatic carbocycles. The fraction of sp³-hybridized carbons (Fsp3) is 0.643. The fourth-order valence-corrected chi connectivity index (χ4v) is 1.82. The molecule has 4 nitrogen and oxygen atoms in total. The first kappa shape index (κ1) is 14.9. The Morgan fingerprint density at radius 3 is 2.67 bits per heavy atom. The van der Waals surface area contributed by atoms with E-state index in [1.165, 1.54) is 0 Å². The number of pyridine rings is 1. The van der Waals surface area contributed by atoms with Gasteiger partial charge in [-0.2, -0.15) is 0 Å². The number of aliphatic hydroxyl groups excluding tert-OH is 1. The molecule has 0 radical (unpaired) electrons. The Morgan fingerprint density at radius 1 is 1.33 bits per heavy atom. The highest BCUT2D eigenvalue weighted by molar-refractivity contribution is 5.43. The van der Waals surface area contributed by atoms with Gasteiger partial charge in [0.05, 0.1) is 17.6 Å². The molecule has 3 N–H and O–H groups in total. The Balaban J connectivity index is 2.46. The summed E-state index contributed by atoms with van der Waals surface area (Å²) < 4.78 is 0. The Labute approximate surface area is 110 Å². The monoisotopic (exact) mass is 251 g/mol. The van der Waals surface area contributed by atoms with E-state index in [2.05, 4.69) is 29.9 Å². The summed E-state index contributed by atoms with van der Waals surface area (Å²) in [6.45, 7) is 3.34. The van der Waals surface area contributed by atoms with Gasteiger partial charge in [0.25, 0.3) is 0 Å². The number of aromatic nitrogens is 1. The third-order valence-corrected chi connectivity index (χ3v) is 3.18. The topological polar surface area (TPSA) is 62.4 Å². The third-order valence-electron chi connectivity index (χ3n) is 3.18. The van der Waals surface area contributed by atoms with E-state index in [0.29, 0.717) is 0 Å². The van der Waals surface area contributed by atoms with Crippen molar-refractivity contribution in [2.24, 2.45) is 5.73 Å². The molecule has 18 heavy (non-hydrogen) atoms. The second-order valence-corrected chi connectivity index (χ2v) is 4.66. The van der Waals surface area contributed by atoms with E-state index in [1.54, 1.807) is 0 Å². The van der Waals surface area contributed by atoms with E-state index in [-0.39, 0.29) is 12.6 Å². The number of nitrogens with zero attached hydrogens (tertiary/aromatic N) is 2. The van der Waals surface area contributed by atoms with Crippen LogP contribution in [-0.4, -0.2) is 30.3 Å². The van der Waals surface area contributed by atoms with Gasteiger partial charge in [0.15, 0.2) is 0 Å². The van der Waals surface area contributed by atoms with Crippen LogP contribution in [0.4, 0.5) is 5.69 Å². The number of hydrogen-bond donors (Lipinski definition) is 2. The van der Waals surface area contributed by atoms with Gasteiger partial charge in [0.2, 0.25) is 0 Å². The SMILES string of the molecule is CC[C@H](N)c1ccc(N(C)CCCCCO)cn1. The van der Waals surface area contributed by atoms with Crippen LogP contribution in [-0.2, 0) is 0 Å². The van der Waals surface area contributed by atoms with Crippen molar-refractivity contribution in [3.05, 3.63) is 24.0 Å². The first-order valence-electron chi connectivity index (χ1n) is 6.72. The van der Waals surface area contributed by atoms with Crippen LogP contribution in [0, 0.1) is 0 Å². The van der Waals surface area contributed by atoms with Crippen molar-refractivity contribution in [1.82, 2.24) is 4.98 Å². The summed E-state index contributed by atoms with van der Waals surface area (Å²) in [7, 11) is 2.06. The molecule has 0 saturated carbocycles.